The van der Waals surface area contributed by atoms with Crippen molar-refractivity contribution in [3.8, 4) is 0 Å². The number of hydrogen-bond donors (Lipinski definition) is 0. The van der Waals surface area contributed by atoms with Crippen molar-refractivity contribution < 1.29 is 0 Å². The molecule has 0 spiro atoms. The van der Waals surface area contributed by atoms with E-state index in [0.29, 0.717) is 0 Å². The highest BCUT2D eigenvalue weighted by molar-refractivity contribution is 4.79. The zero-order valence-corrected chi connectivity index (χ0v) is 9.14. The SMILES string of the molecule is CCC(C)CC1CC(C)C(C)C1. The smallest absolute Gasteiger partial charge is 0.0406 e. The fourth-order valence-electron chi connectivity index (χ4n) is 2.54. The Labute approximate surface area is 77.7 Å². The van der Waals surface area contributed by atoms with Gasteiger partial charge in [-0.05, 0) is 42.9 Å². The van der Waals surface area contributed by atoms with Crippen LogP contribution in [0.25, 0.3) is 0 Å². The fourth-order valence-corrected chi connectivity index (χ4v) is 2.54. The Hall–Kier alpha value is 0. The summed E-state index contributed by atoms with van der Waals surface area (Å²) in [5.74, 6) is 3.97. The lowest BCUT2D eigenvalue weighted by Gasteiger charge is -2.14. The van der Waals surface area contributed by atoms with Crippen molar-refractivity contribution in [3.63, 3.8) is 0 Å². The summed E-state index contributed by atoms with van der Waals surface area (Å²) in [5, 5.41) is 0. The molecule has 1 aliphatic rings. The van der Waals surface area contributed by atoms with Crippen molar-refractivity contribution in [2.75, 3.05) is 0 Å². The molecule has 1 saturated carbocycles. The minimum Gasteiger partial charge on any atom is -0.0651 e. The molecule has 3 atom stereocenters. The Kier molecular flexibility index (Phi) is 3.61. The maximum absolute atomic E-state index is 2.42. The third-order valence-corrected chi connectivity index (χ3v) is 3.81. The first-order valence-corrected chi connectivity index (χ1v) is 5.63. The molecular weight excluding hydrogens is 144 g/mol. The van der Waals surface area contributed by atoms with Crippen LogP contribution in [0.4, 0.5) is 0 Å². The molecule has 3 unspecified atom stereocenters. The number of hydrogen-bond acceptors (Lipinski definition) is 0. The van der Waals surface area contributed by atoms with Gasteiger partial charge in [0.25, 0.3) is 0 Å². The lowest BCUT2D eigenvalue weighted by Crippen LogP contribution is -2.02. The van der Waals surface area contributed by atoms with Gasteiger partial charge in [-0.3, -0.25) is 0 Å². The summed E-state index contributed by atoms with van der Waals surface area (Å²) < 4.78 is 0. The molecule has 0 saturated heterocycles. The average molecular weight is 168 g/mol. The third kappa shape index (κ3) is 2.50. The van der Waals surface area contributed by atoms with Crippen LogP contribution in [0.5, 0.6) is 0 Å². The van der Waals surface area contributed by atoms with E-state index in [4.69, 9.17) is 0 Å². The zero-order chi connectivity index (χ0) is 9.14. The van der Waals surface area contributed by atoms with Crippen LogP contribution in [-0.2, 0) is 0 Å². The summed E-state index contributed by atoms with van der Waals surface area (Å²) >= 11 is 0. The second-order valence-corrected chi connectivity index (χ2v) is 5.04. The normalized spacial score (nSPS) is 38.5. The molecule has 0 heteroatoms. The quantitative estimate of drug-likeness (QED) is 0.595. The van der Waals surface area contributed by atoms with Gasteiger partial charge in [0.15, 0.2) is 0 Å². The van der Waals surface area contributed by atoms with Gasteiger partial charge in [0.05, 0.1) is 0 Å². The minimum absolute atomic E-state index is 0.951. The zero-order valence-electron chi connectivity index (χ0n) is 9.14. The minimum atomic E-state index is 0.951. The van der Waals surface area contributed by atoms with Gasteiger partial charge in [0, 0.05) is 0 Å². The third-order valence-electron chi connectivity index (χ3n) is 3.81. The van der Waals surface area contributed by atoms with Crippen LogP contribution >= 0.6 is 0 Å². The molecule has 12 heavy (non-hydrogen) atoms. The largest absolute Gasteiger partial charge is 0.0651 e. The molecular formula is C12H24. The molecule has 0 heterocycles. The van der Waals surface area contributed by atoms with E-state index in [0.717, 1.165) is 23.7 Å². The Morgan fingerprint density at radius 2 is 1.67 bits per heavy atom. The Morgan fingerprint density at radius 3 is 2.08 bits per heavy atom. The van der Waals surface area contributed by atoms with Gasteiger partial charge in [-0.15, -0.1) is 0 Å². The first kappa shape index (κ1) is 10.1. The molecule has 0 amide bonds. The summed E-state index contributed by atoms with van der Waals surface area (Å²) in [5.41, 5.74) is 0. The summed E-state index contributed by atoms with van der Waals surface area (Å²) in [7, 11) is 0. The van der Waals surface area contributed by atoms with Gasteiger partial charge in [-0.2, -0.15) is 0 Å². The molecule has 0 aromatic heterocycles. The summed E-state index contributed by atoms with van der Waals surface area (Å²) in [6.45, 7) is 9.54. The van der Waals surface area contributed by atoms with E-state index in [-0.39, 0.29) is 0 Å². The molecule has 0 aliphatic heterocycles. The van der Waals surface area contributed by atoms with Gasteiger partial charge < -0.3 is 0 Å². The van der Waals surface area contributed by atoms with Crippen molar-refractivity contribution in [3.05, 3.63) is 0 Å². The molecule has 1 fully saturated rings. The van der Waals surface area contributed by atoms with Crippen LogP contribution in [0.1, 0.15) is 53.4 Å². The van der Waals surface area contributed by atoms with Crippen molar-refractivity contribution in [2.45, 2.75) is 53.4 Å². The average Bonchev–Trinajstić information content (AvgIpc) is 2.31. The standard InChI is InChI=1S/C12H24/c1-5-9(2)6-12-7-10(3)11(4)8-12/h9-12H,5-8H2,1-4H3. The highest BCUT2D eigenvalue weighted by atomic mass is 14.3. The molecule has 0 bridgehead atoms. The Balaban J connectivity index is 2.27. The topological polar surface area (TPSA) is 0 Å². The Morgan fingerprint density at radius 1 is 1.17 bits per heavy atom. The van der Waals surface area contributed by atoms with Crippen LogP contribution < -0.4 is 0 Å². The molecule has 1 aliphatic carbocycles. The van der Waals surface area contributed by atoms with E-state index < -0.39 is 0 Å². The Bertz CT molecular complexity index is 118. The van der Waals surface area contributed by atoms with Crippen LogP contribution in [-0.4, -0.2) is 0 Å². The predicted molar refractivity (Wildman–Crippen MR) is 55.1 cm³/mol. The van der Waals surface area contributed by atoms with Crippen molar-refractivity contribution in [1.82, 2.24) is 0 Å². The van der Waals surface area contributed by atoms with Gasteiger partial charge in [0.2, 0.25) is 0 Å². The summed E-state index contributed by atoms with van der Waals surface area (Å²) in [6.07, 6.45) is 5.82. The van der Waals surface area contributed by atoms with Crippen LogP contribution in [0.2, 0.25) is 0 Å². The van der Waals surface area contributed by atoms with E-state index in [9.17, 15) is 0 Å². The van der Waals surface area contributed by atoms with E-state index in [1.165, 1.54) is 25.7 Å². The lowest BCUT2D eigenvalue weighted by atomic mass is 9.92. The van der Waals surface area contributed by atoms with E-state index in [1.807, 2.05) is 0 Å². The van der Waals surface area contributed by atoms with Crippen molar-refractivity contribution >= 4 is 0 Å². The van der Waals surface area contributed by atoms with E-state index in [1.54, 1.807) is 0 Å². The summed E-state index contributed by atoms with van der Waals surface area (Å²) in [6, 6.07) is 0. The molecule has 0 radical (unpaired) electrons. The number of rotatable bonds is 3. The van der Waals surface area contributed by atoms with Crippen molar-refractivity contribution in [2.24, 2.45) is 23.7 Å². The van der Waals surface area contributed by atoms with E-state index >= 15 is 0 Å². The fraction of sp³-hybridized carbons (Fsp3) is 1.00. The highest BCUT2D eigenvalue weighted by Gasteiger charge is 2.28. The maximum Gasteiger partial charge on any atom is -0.0406 e. The van der Waals surface area contributed by atoms with Gasteiger partial charge >= 0.3 is 0 Å². The predicted octanol–water partition coefficient (Wildman–Crippen LogP) is 4.10. The second kappa shape index (κ2) is 4.30. The van der Waals surface area contributed by atoms with Crippen molar-refractivity contribution in [1.29, 1.82) is 0 Å². The maximum atomic E-state index is 2.42. The monoisotopic (exact) mass is 168 g/mol. The van der Waals surface area contributed by atoms with Gasteiger partial charge in [-0.25, -0.2) is 0 Å². The molecule has 0 N–H and O–H groups in total. The lowest BCUT2D eigenvalue weighted by molar-refractivity contribution is 0.379. The van der Waals surface area contributed by atoms with Crippen LogP contribution in [0.15, 0.2) is 0 Å². The molecule has 1 rings (SSSR count). The van der Waals surface area contributed by atoms with Crippen LogP contribution in [0, 0.1) is 23.7 Å². The molecule has 0 aromatic rings. The van der Waals surface area contributed by atoms with Gasteiger partial charge in [-0.1, -0.05) is 34.1 Å². The van der Waals surface area contributed by atoms with E-state index in [2.05, 4.69) is 27.7 Å². The first-order chi connectivity index (χ1) is 5.63. The molecule has 72 valence electrons. The van der Waals surface area contributed by atoms with Gasteiger partial charge in [0.1, 0.15) is 0 Å². The highest BCUT2D eigenvalue weighted by Crippen LogP contribution is 2.39. The van der Waals surface area contributed by atoms with Crippen LogP contribution in [0.3, 0.4) is 0 Å². The first-order valence-electron chi connectivity index (χ1n) is 5.63. The second-order valence-electron chi connectivity index (χ2n) is 5.04. The molecule has 0 nitrogen and oxygen atoms in total. The summed E-state index contributed by atoms with van der Waals surface area (Å²) in [4.78, 5) is 0. The molecule has 0 aromatic carbocycles.